The van der Waals surface area contributed by atoms with E-state index in [4.69, 9.17) is 10.5 Å². The number of nitrogens with two attached hydrogens (primary N) is 1. The summed E-state index contributed by atoms with van der Waals surface area (Å²) >= 11 is 1.46. The average Bonchev–Trinajstić information content (AvgIpc) is 3.10. The number of thiophene rings is 1. The molecule has 0 saturated carbocycles. The van der Waals surface area contributed by atoms with Crippen LogP contribution in [0.3, 0.4) is 0 Å². The van der Waals surface area contributed by atoms with Crippen molar-refractivity contribution in [1.29, 1.82) is 0 Å². The molecule has 1 heterocycles. The Balaban J connectivity index is 1.51. The zero-order valence-electron chi connectivity index (χ0n) is 16.8. The summed E-state index contributed by atoms with van der Waals surface area (Å²) in [4.78, 5) is 26.1. The number of anilines is 1. The number of carbonyl (C=O) groups excluding carboxylic acids is 2. The summed E-state index contributed by atoms with van der Waals surface area (Å²) in [6, 6.07) is 16.9. The molecule has 6 heteroatoms. The van der Waals surface area contributed by atoms with Gasteiger partial charge in [-0.2, -0.15) is 0 Å². The fourth-order valence-corrected chi connectivity index (χ4v) is 5.15. The first kappa shape index (κ1) is 20.2. The highest BCUT2D eigenvalue weighted by molar-refractivity contribution is 7.17. The number of benzene rings is 2. The maximum Gasteiger partial charge on any atom is 0.256 e. The summed E-state index contributed by atoms with van der Waals surface area (Å²) in [6.07, 6.45) is 2.76. The molecule has 0 aliphatic heterocycles. The van der Waals surface area contributed by atoms with E-state index in [2.05, 4.69) is 12.2 Å². The molecule has 0 spiro atoms. The first-order valence-corrected chi connectivity index (χ1v) is 10.9. The molecular formula is C24H24N2O3S. The lowest BCUT2D eigenvalue weighted by atomic mass is 9.88. The van der Waals surface area contributed by atoms with E-state index in [1.165, 1.54) is 11.3 Å². The van der Waals surface area contributed by atoms with Crippen molar-refractivity contribution in [1.82, 2.24) is 0 Å². The van der Waals surface area contributed by atoms with E-state index in [-0.39, 0.29) is 5.91 Å². The van der Waals surface area contributed by atoms with Gasteiger partial charge in [0.2, 0.25) is 0 Å². The topological polar surface area (TPSA) is 81.4 Å². The zero-order valence-corrected chi connectivity index (χ0v) is 17.6. The van der Waals surface area contributed by atoms with Gasteiger partial charge >= 0.3 is 0 Å². The summed E-state index contributed by atoms with van der Waals surface area (Å²) in [5.41, 5.74) is 8.63. The van der Waals surface area contributed by atoms with E-state index in [1.807, 2.05) is 36.4 Å². The Kier molecular flexibility index (Phi) is 5.86. The normalized spacial score (nSPS) is 15.3. The molecule has 5 nitrogen and oxygen atoms in total. The molecule has 0 saturated heterocycles. The number of carbonyl (C=O) groups is 2. The summed E-state index contributed by atoms with van der Waals surface area (Å²) < 4.78 is 5.82. The molecule has 0 unspecified atom stereocenters. The van der Waals surface area contributed by atoms with E-state index in [9.17, 15) is 9.59 Å². The van der Waals surface area contributed by atoms with Crippen molar-refractivity contribution in [3.63, 3.8) is 0 Å². The van der Waals surface area contributed by atoms with Gasteiger partial charge in [0, 0.05) is 10.4 Å². The van der Waals surface area contributed by atoms with Gasteiger partial charge in [-0.15, -0.1) is 11.3 Å². The van der Waals surface area contributed by atoms with Gasteiger partial charge in [0.25, 0.3) is 11.8 Å². The highest BCUT2D eigenvalue weighted by Crippen LogP contribution is 2.39. The van der Waals surface area contributed by atoms with Crippen LogP contribution in [0.15, 0.2) is 54.6 Å². The van der Waals surface area contributed by atoms with Crippen LogP contribution in [0.1, 0.15) is 50.1 Å². The van der Waals surface area contributed by atoms with Crippen molar-refractivity contribution >= 4 is 28.2 Å². The molecule has 3 aromatic rings. The van der Waals surface area contributed by atoms with Crippen LogP contribution < -0.4 is 15.8 Å². The molecule has 0 bridgehead atoms. The summed E-state index contributed by atoms with van der Waals surface area (Å²) in [7, 11) is 0. The van der Waals surface area contributed by atoms with Gasteiger partial charge in [-0.25, -0.2) is 0 Å². The summed E-state index contributed by atoms with van der Waals surface area (Å²) in [6.45, 7) is 2.62. The minimum Gasteiger partial charge on any atom is -0.489 e. The van der Waals surface area contributed by atoms with Crippen molar-refractivity contribution in [3.8, 4) is 5.75 Å². The number of fused-ring (bicyclic) bond motifs is 1. The summed E-state index contributed by atoms with van der Waals surface area (Å²) in [5, 5.41) is 3.45. The van der Waals surface area contributed by atoms with Gasteiger partial charge in [0.15, 0.2) is 0 Å². The minimum atomic E-state index is -0.489. The van der Waals surface area contributed by atoms with Crippen LogP contribution in [0.4, 0.5) is 5.00 Å². The number of amides is 2. The van der Waals surface area contributed by atoms with Crippen LogP contribution in [0.2, 0.25) is 0 Å². The molecule has 0 fully saturated rings. The van der Waals surface area contributed by atoms with E-state index in [0.717, 1.165) is 35.3 Å². The predicted molar refractivity (Wildman–Crippen MR) is 119 cm³/mol. The molecule has 0 radical (unpaired) electrons. The molecule has 3 N–H and O–H groups in total. The molecule has 2 aromatic carbocycles. The third kappa shape index (κ3) is 4.39. The lowest BCUT2D eigenvalue weighted by Crippen LogP contribution is -2.19. The van der Waals surface area contributed by atoms with Crippen LogP contribution in [0.5, 0.6) is 5.75 Å². The molecule has 1 aromatic heterocycles. The molecule has 1 aliphatic rings. The second kappa shape index (κ2) is 8.71. The van der Waals surface area contributed by atoms with Crippen molar-refractivity contribution in [2.24, 2.45) is 11.7 Å². The Bertz CT molecular complexity index is 1080. The SMILES string of the molecule is C[C@@H]1CCc2c(sc(NC(=O)c3cccc(OCc4ccccc4)c3)c2C(N)=O)C1. The minimum absolute atomic E-state index is 0.283. The third-order valence-corrected chi connectivity index (χ3v) is 6.50. The number of rotatable bonds is 6. The van der Waals surface area contributed by atoms with Gasteiger partial charge in [-0.05, 0) is 54.5 Å². The standard InChI is InChI=1S/C24H24N2O3S/c1-15-10-11-19-20(12-15)30-24(21(19)22(25)27)26-23(28)17-8-5-9-18(13-17)29-14-16-6-3-2-4-7-16/h2-9,13,15H,10-12,14H2,1H3,(H2,25,27)(H,26,28)/t15-/m1/s1. The second-order valence-corrected chi connectivity index (χ2v) is 8.78. The van der Waals surface area contributed by atoms with Crippen molar-refractivity contribution in [3.05, 3.63) is 81.7 Å². The Hall–Kier alpha value is -3.12. The fourth-order valence-electron chi connectivity index (χ4n) is 3.74. The number of primary amides is 1. The molecule has 30 heavy (non-hydrogen) atoms. The number of hydrogen-bond acceptors (Lipinski definition) is 4. The number of ether oxygens (including phenoxy) is 1. The molecule has 1 aliphatic carbocycles. The van der Waals surface area contributed by atoms with Crippen LogP contribution in [0.25, 0.3) is 0 Å². The van der Waals surface area contributed by atoms with Crippen molar-refractivity contribution < 1.29 is 14.3 Å². The quantitative estimate of drug-likeness (QED) is 0.601. The Morgan fingerprint density at radius 3 is 2.73 bits per heavy atom. The summed E-state index contributed by atoms with van der Waals surface area (Å²) in [5.74, 6) is 0.409. The second-order valence-electron chi connectivity index (χ2n) is 7.68. The highest BCUT2D eigenvalue weighted by atomic mass is 32.1. The largest absolute Gasteiger partial charge is 0.489 e. The van der Waals surface area contributed by atoms with Crippen LogP contribution in [-0.4, -0.2) is 11.8 Å². The monoisotopic (exact) mass is 420 g/mol. The average molecular weight is 421 g/mol. The van der Waals surface area contributed by atoms with Gasteiger partial charge in [-0.1, -0.05) is 43.3 Å². The maximum absolute atomic E-state index is 12.9. The van der Waals surface area contributed by atoms with Gasteiger partial charge in [0.1, 0.15) is 17.4 Å². The van der Waals surface area contributed by atoms with Gasteiger partial charge in [0.05, 0.1) is 5.56 Å². The maximum atomic E-state index is 12.9. The third-order valence-electron chi connectivity index (χ3n) is 5.33. The van der Waals surface area contributed by atoms with E-state index < -0.39 is 5.91 Å². The number of nitrogens with one attached hydrogen (secondary N) is 1. The smallest absolute Gasteiger partial charge is 0.256 e. The first-order valence-electron chi connectivity index (χ1n) is 10.0. The van der Waals surface area contributed by atoms with Crippen LogP contribution in [0, 0.1) is 5.92 Å². The number of hydrogen-bond donors (Lipinski definition) is 2. The molecule has 2 amide bonds. The van der Waals surface area contributed by atoms with Gasteiger partial charge < -0.3 is 15.8 Å². The Labute approximate surface area is 179 Å². The van der Waals surface area contributed by atoms with Crippen molar-refractivity contribution in [2.45, 2.75) is 32.8 Å². The van der Waals surface area contributed by atoms with Gasteiger partial charge in [-0.3, -0.25) is 9.59 Å². The molecule has 1 atom stereocenters. The van der Waals surface area contributed by atoms with Crippen LogP contribution in [-0.2, 0) is 19.4 Å². The molecular weight excluding hydrogens is 396 g/mol. The van der Waals surface area contributed by atoms with E-state index in [0.29, 0.717) is 34.4 Å². The lowest BCUT2D eigenvalue weighted by Gasteiger charge is -2.18. The van der Waals surface area contributed by atoms with Crippen molar-refractivity contribution in [2.75, 3.05) is 5.32 Å². The predicted octanol–water partition coefficient (Wildman–Crippen LogP) is 4.80. The van der Waals surface area contributed by atoms with Crippen LogP contribution >= 0.6 is 11.3 Å². The Morgan fingerprint density at radius 1 is 1.17 bits per heavy atom. The lowest BCUT2D eigenvalue weighted by molar-refractivity contribution is 0.1000. The molecule has 4 rings (SSSR count). The first-order chi connectivity index (χ1) is 14.5. The fraction of sp³-hybridized carbons (Fsp3) is 0.250. The molecule has 154 valence electrons. The van der Waals surface area contributed by atoms with E-state index >= 15 is 0 Å². The Morgan fingerprint density at radius 2 is 1.97 bits per heavy atom. The zero-order chi connectivity index (χ0) is 21.1. The highest BCUT2D eigenvalue weighted by Gasteiger charge is 2.27. The van der Waals surface area contributed by atoms with E-state index in [1.54, 1.807) is 18.2 Å².